The molecule has 0 atom stereocenters. The van der Waals surface area contributed by atoms with Crippen LogP contribution in [0.2, 0.25) is 0 Å². The van der Waals surface area contributed by atoms with Crippen LogP contribution in [0.3, 0.4) is 0 Å². The number of pyridine rings is 1. The van der Waals surface area contributed by atoms with Crippen molar-refractivity contribution >= 4 is 0 Å². The van der Waals surface area contributed by atoms with Gasteiger partial charge >= 0.3 is 0 Å². The summed E-state index contributed by atoms with van der Waals surface area (Å²) >= 11 is 0. The summed E-state index contributed by atoms with van der Waals surface area (Å²) in [7, 11) is 0. The highest BCUT2D eigenvalue weighted by atomic mass is 16.5. The quantitative estimate of drug-likeness (QED) is 0.827. The molecule has 0 saturated heterocycles. The van der Waals surface area contributed by atoms with Gasteiger partial charge in [-0.2, -0.15) is 0 Å². The Hall–Kier alpha value is -1.87. The molecular formula is C12H12N2O. The van der Waals surface area contributed by atoms with Crippen LogP contribution < -0.4 is 10.5 Å². The normalized spacial score (nSPS) is 9.93. The second-order valence-corrected chi connectivity index (χ2v) is 3.08. The Labute approximate surface area is 88.5 Å². The van der Waals surface area contributed by atoms with Gasteiger partial charge in [-0.25, -0.2) is 4.98 Å². The molecule has 2 N–H and O–H groups in total. The largest absolute Gasteiger partial charge is 0.439 e. The second kappa shape index (κ2) is 4.57. The maximum Gasteiger partial charge on any atom is 0.219 e. The number of rotatable bonds is 3. The molecule has 2 aromatic rings. The minimum absolute atomic E-state index is 0.461. The van der Waals surface area contributed by atoms with E-state index in [1.165, 1.54) is 0 Å². The molecule has 1 aromatic carbocycles. The highest BCUT2D eigenvalue weighted by Crippen LogP contribution is 2.22. The highest BCUT2D eigenvalue weighted by molar-refractivity contribution is 5.35. The average Bonchev–Trinajstić information content (AvgIpc) is 2.31. The van der Waals surface area contributed by atoms with E-state index in [0.29, 0.717) is 12.4 Å². The predicted molar refractivity (Wildman–Crippen MR) is 58.6 cm³/mol. The zero-order valence-electron chi connectivity index (χ0n) is 8.26. The van der Waals surface area contributed by atoms with Gasteiger partial charge in [-0.1, -0.05) is 24.3 Å². The molecule has 0 aliphatic heterocycles. The van der Waals surface area contributed by atoms with E-state index in [1.54, 1.807) is 6.20 Å². The molecule has 0 spiro atoms. The van der Waals surface area contributed by atoms with E-state index in [-0.39, 0.29) is 0 Å². The summed E-state index contributed by atoms with van der Waals surface area (Å²) in [6.45, 7) is 0.461. The Bertz CT molecular complexity index is 429. The van der Waals surface area contributed by atoms with Crippen LogP contribution in [0.4, 0.5) is 0 Å². The van der Waals surface area contributed by atoms with Crippen molar-refractivity contribution < 1.29 is 4.74 Å². The summed E-state index contributed by atoms with van der Waals surface area (Å²) in [6.07, 6.45) is 1.69. The maximum atomic E-state index is 5.61. The van der Waals surface area contributed by atoms with Crippen LogP contribution in [0.5, 0.6) is 11.6 Å². The lowest BCUT2D eigenvalue weighted by Gasteiger charge is -2.08. The summed E-state index contributed by atoms with van der Waals surface area (Å²) in [4.78, 5) is 4.09. The zero-order chi connectivity index (χ0) is 10.5. The highest BCUT2D eigenvalue weighted by Gasteiger charge is 2.02. The van der Waals surface area contributed by atoms with E-state index >= 15 is 0 Å². The first kappa shape index (κ1) is 9.68. The molecular weight excluding hydrogens is 188 g/mol. The molecule has 0 radical (unpaired) electrons. The molecule has 0 bridgehead atoms. The Morgan fingerprint density at radius 3 is 2.60 bits per heavy atom. The smallest absolute Gasteiger partial charge is 0.219 e. The fourth-order valence-electron chi connectivity index (χ4n) is 1.29. The zero-order valence-corrected chi connectivity index (χ0v) is 8.26. The van der Waals surface area contributed by atoms with Crippen LogP contribution in [-0.4, -0.2) is 4.98 Å². The summed E-state index contributed by atoms with van der Waals surface area (Å²) in [6, 6.07) is 13.2. The fourth-order valence-corrected chi connectivity index (χ4v) is 1.29. The average molecular weight is 200 g/mol. The molecule has 2 rings (SSSR count). The number of benzene rings is 1. The Morgan fingerprint density at radius 2 is 1.87 bits per heavy atom. The number of hydrogen-bond donors (Lipinski definition) is 1. The third-order valence-corrected chi connectivity index (χ3v) is 2.04. The van der Waals surface area contributed by atoms with Gasteiger partial charge in [0.2, 0.25) is 5.88 Å². The van der Waals surface area contributed by atoms with Gasteiger partial charge in [0, 0.05) is 24.4 Å². The number of para-hydroxylation sites is 1. The van der Waals surface area contributed by atoms with Gasteiger partial charge in [0.05, 0.1) is 0 Å². The summed E-state index contributed by atoms with van der Waals surface area (Å²) < 4.78 is 5.61. The molecule has 1 aromatic heterocycles. The van der Waals surface area contributed by atoms with E-state index < -0.39 is 0 Å². The number of hydrogen-bond acceptors (Lipinski definition) is 3. The van der Waals surface area contributed by atoms with Crippen LogP contribution in [0.1, 0.15) is 5.56 Å². The second-order valence-electron chi connectivity index (χ2n) is 3.08. The standard InChI is InChI=1S/C12H12N2O/c13-9-10-5-1-2-6-11(10)15-12-7-3-4-8-14-12/h1-8H,9,13H2. The molecule has 3 nitrogen and oxygen atoms in total. The minimum Gasteiger partial charge on any atom is -0.439 e. The van der Waals surface area contributed by atoms with Crippen molar-refractivity contribution in [1.29, 1.82) is 0 Å². The van der Waals surface area contributed by atoms with Gasteiger partial charge in [-0.15, -0.1) is 0 Å². The summed E-state index contributed by atoms with van der Waals surface area (Å²) in [5, 5.41) is 0. The fraction of sp³-hybridized carbons (Fsp3) is 0.0833. The molecule has 1 heterocycles. The Morgan fingerprint density at radius 1 is 1.07 bits per heavy atom. The number of nitrogens with zero attached hydrogens (tertiary/aromatic N) is 1. The SMILES string of the molecule is NCc1ccccc1Oc1ccccn1. The minimum atomic E-state index is 0.461. The molecule has 0 aliphatic rings. The molecule has 3 heteroatoms. The van der Waals surface area contributed by atoms with Crippen molar-refractivity contribution in [1.82, 2.24) is 4.98 Å². The van der Waals surface area contributed by atoms with Crippen molar-refractivity contribution in [2.24, 2.45) is 5.73 Å². The summed E-state index contributed by atoms with van der Waals surface area (Å²) in [5.41, 5.74) is 6.58. The molecule has 0 aliphatic carbocycles. The third kappa shape index (κ3) is 2.33. The van der Waals surface area contributed by atoms with E-state index in [0.717, 1.165) is 11.3 Å². The van der Waals surface area contributed by atoms with Crippen molar-refractivity contribution in [3.63, 3.8) is 0 Å². The van der Waals surface area contributed by atoms with Crippen LogP contribution >= 0.6 is 0 Å². The Balaban J connectivity index is 2.24. The topological polar surface area (TPSA) is 48.1 Å². The van der Waals surface area contributed by atoms with Gasteiger partial charge in [0.25, 0.3) is 0 Å². The van der Waals surface area contributed by atoms with Gasteiger partial charge in [-0.05, 0) is 12.1 Å². The maximum absolute atomic E-state index is 5.61. The number of aromatic nitrogens is 1. The monoisotopic (exact) mass is 200 g/mol. The molecule has 15 heavy (non-hydrogen) atoms. The van der Waals surface area contributed by atoms with Crippen LogP contribution in [0, 0.1) is 0 Å². The first-order valence-corrected chi connectivity index (χ1v) is 4.77. The number of nitrogens with two attached hydrogens (primary N) is 1. The number of ether oxygens (including phenoxy) is 1. The summed E-state index contributed by atoms with van der Waals surface area (Å²) in [5.74, 6) is 1.34. The van der Waals surface area contributed by atoms with E-state index in [4.69, 9.17) is 10.5 Å². The van der Waals surface area contributed by atoms with Crippen LogP contribution in [0.15, 0.2) is 48.7 Å². The van der Waals surface area contributed by atoms with Crippen molar-refractivity contribution in [3.05, 3.63) is 54.2 Å². The van der Waals surface area contributed by atoms with Gasteiger partial charge in [0.15, 0.2) is 0 Å². The lowest BCUT2D eigenvalue weighted by atomic mass is 10.2. The van der Waals surface area contributed by atoms with Crippen molar-refractivity contribution in [2.45, 2.75) is 6.54 Å². The van der Waals surface area contributed by atoms with E-state index in [2.05, 4.69) is 4.98 Å². The lowest BCUT2D eigenvalue weighted by molar-refractivity contribution is 0.457. The van der Waals surface area contributed by atoms with Crippen molar-refractivity contribution in [3.8, 4) is 11.6 Å². The van der Waals surface area contributed by atoms with Crippen molar-refractivity contribution in [2.75, 3.05) is 0 Å². The molecule has 0 unspecified atom stereocenters. The molecule has 76 valence electrons. The third-order valence-electron chi connectivity index (χ3n) is 2.04. The lowest BCUT2D eigenvalue weighted by Crippen LogP contribution is -1.99. The van der Waals surface area contributed by atoms with Crippen LogP contribution in [0.25, 0.3) is 0 Å². The molecule has 0 fully saturated rings. The van der Waals surface area contributed by atoms with Crippen LogP contribution in [-0.2, 0) is 6.54 Å². The van der Waals surface area contributed by atoms with Gasteiger partial charge in [-0.3, -0.25) is 0 Å². The predicted octanol–water partition coefficient (Wildman–Crippen LogP) is 2.33. The first-order valence-electron chi connectivity index (χ1n) is 4.77. The van der Waals surface area contributed by atoms with E-state index in [9.17, 15) is 0 Å². The Kier molecular flexibility index (Phi) is 2.95. The van der Waals surface area contributed by atoms with Gasteiger partial charge < -0.3 is 10.5 Å². The van der Waals surface area contributed by atoms with E-state index in [1.807, 2.05) is 42.5 Å². The first-order chi connectivity index (χ1) is 7.40. The molecule has 0 amide bonds. The van der Waals surface area contributed by atoms with Gasteiger partial charge in [0.1, 0.15) is 5.75 Å². The molecule has 0 saturated carbocycles.